The number of thioether (sulfide) groups is 1. The van der Waals surface area contributed by atoms with E-state index in [0.717, 1.165) is 21.6 Å². The van der Waals surface area contributed by atoms with Crippen molar-refractivity contribution in [3.05, 3.63) is 101 Å². The lowest BCUT2D eigenvalue weighted by molar-refractivity contribution is 0.0951. The predicted octanol–water partition coefficient (Wildman–Crippen LogP) is 5.92. The number of hydrogen-bond acceptors (Lipinski definition) is 5. The van der Waals surface area contributed by atoms with E-state index in [1.807, 2.05) is 80.8 Å². The molecule has 1 N–H and O–H groups in total. The highest BCUT2D eigenvalue weighted by Gasteiger charge is 2.16. The average molecular weight is 491 g/mol. The number of aryl methyl sites for hydroxylation is 2. The van der Waals surface area contributed by atoms with Crippen LogP contribution in [0.1, 0.15) is 32.9 Å². The first-order valence-electron chi connectivity index (χ1n) is 10.9. The molecule has 0 aliphatic heterocycles. The Labute approximate surface area is 206 Å². The highest BCUT2D eigenvalue weighted by molar-refractivity contribution is 7.98. The summed E-state index contributed by atoms with van der Waals surface area (Å²) in [6.45, 7) is 4.29. The Balaban J connectivity index is 1.39. The first kappa shape index (κ1) is 24.0. The number of hydrogen-bond donors (Lipinski definition) is 1. The molecule has 0 saturated carbocycles. The molecule has 0 aliphatic carbocycles. The monoisotopic (exact) mass is 490 g/mol. The van der Waals surface area contributed by atoms with Crippen LogP contribution in [0.4, 0.5) is 0 Å². The van der Waals surface area contributed by atoms with Gasteiger partial charge in [-0.1, -0.05) is 29.8 Å². The van der Waals surface area contributed by atoms with Crippen LogP contribution in [0.5, 0.6) is 0 Å². The molecule has 0 fully saturated rings. The van der Waals surface area contributed by atoms with Crippen LogP contribution >= 0.6 is 11.8 Å². The standard InChI is InChI=1S/C27H26N2O3S2/c1-18-4-14-24(15-5-18)34(31)17-25-19(2)32-27(29-25)22-10-8-21(9-11-22)26(30)28-16-20-6-12-23(33-3)13-7-20/h4-15H,16-17H2,1-3H3,(H,28,30)/t34-/m1/s1. The van der Waals surface area contributed by atoms with Crippen molar-refractivity contribution in [2.45, 2.75) is 35.9 Å². The summed E-state index contributed by atoms with van der Waals surface area (Å²) in [6, 6.07) is 22.9. The van der Waals surface area contributed by atoms with Crippen LogP contribution in [-0.4, -0.2) is 21.4 Å². The number of aromatic nitrogens is 1. The Morgan fingerprint density at radius 3 is 2.29 bits per heavy atom. The molecule has 1 atom stereocenters. The molecule has 4 rings (SSSR count). The van der Waals surface area contributed by atoms with Crippen LogP contribution in [0.25, 0.3) is 11.5 Å². The molecule has 0 aliphatic rings. The number of rotatable bonds is 8. The van der Waals surface area contributed by atoms with Crippen LogP contribution < -0.4 is 5.32 Å². The number of carbonyl (C=O) groups is 1. The maximum Gasteiger partial charge on any atom is 0.251 e. The van der Waals surface area contributed by atoms with Gasteiger partial charge in [-0.15, -0.1) is 11.8 Å². The third-order valence-corrected chi connectivity index (χ3v) is 7.53. The van der Waals surface area contributed by atoms with Crippen molar-refractivity contribution in [1.82, 2.24) is 10.3 Å². The fraction of sp³-hybridized carbons (Fsp3) is 0.185. The van der Waals surface area contributed by atoms with Crippen LogP contribution in [0.3, 0.4) is 0 Å². The third kappa shape index (κ3) is 5.85. The molecule has 34 heavy (non-hydrogen) atoms. The number of nitrogens with zero attached hydrogens (tertiary/aromatic N) is 1. The van der Waals surface area contributed by atoms with Crippen molar-refractivity contribution < 1.29 is 13.4 Å². The van der Waals surface area contributed by atoms with E-state index in [0.29, 0.717) is 29.5 Å². The SMILES string of the molecule is CSc1ccc(CNC(=O)c2ccc(-c3nc(C[S@@](=O)c4ccc(C)cc4)c(C)o3)cc2)cc1. The second-order valence-electron chi connectivity index (χ2n) is 7.93. The molecular formula is C27H26N2O3S2. The van der Waals surface area contributed by atoms with Gasteiger partial charge in [0, 0.05) is 27.5 Å². The average Bonchev–Trinajstić information content (AvgIpc) is 3.23. The molecule has 1 amide bonds. The Hall–Kier alpha value is -3.16. The molecule has 1 aromatic heterocycles. The lowest BCUT2D eigenvalue weighted by atomic mass is 10.1. The van der Waals surface area contributed by atoms with Crippen molar-refractivity contribution >= 4 is 28.5 Å². The van der Waals surface area contributed by atoms with E-state index in [9.17, 15) is 9.00 Å². The van der Waals surface area contributed by atoms with Crippen molar-refractivity contribution in [2.75, 3.05) is 6.26 Å². The van der Waals surface area contributed by atoms with E-state index in [2.05, 4.69) is 10.3 Å². The van der Waals surface area contributed by atoms with Gasteiger partial charge in [-0.3, -0.25) is 9.00 Å². The molecule has 0 saturated heterocycles. The van der Waals surface area contributed by atoms with Crippen LogP contribution in [0, 0.1) is 13.8 Å². The third-order valence-electron chi connectivity index (χ3n) is 5.45. The van der Waals surface area contributed by atoms with Crippen molar-refractivity contribution in [3.63, 3.8) is 0 Å². The number of amides is 1. The number of benzene rings is 3. The van der Waals surface area contributed by atoms with Gasteiger partial charge in [-0.25, -0.2) is 4.98 Å². The van der Waals surface area contributed by atoms with E-state index in [-0.39, 0.29) is 11.7 Å². The van der Waals surface area contributed by atoms with Crippen molar-refractivity contribution in [2.24, 2.45) is 0 Å². The lowest BCUT2D eigenvalue weighted by Gasteiger charge is -2.06. The maximum atomic E-state index is 12.7. The van der Waals surface area contributed by atoms with Gasteiger partial charge in [0.1, 0.15) is 5.76 Å². The van der Waals surface area contributed by atoms with E-state index in [4.69, 9.17) is 4.42 Å². The van der Waals surface area contributed by atoms with E-state index in [1.165, 1.54) is 4.90 Å². The summed E-state index contributed by atoms with van der Waals surface area (Å²) in [7, 11) is -1.20. The van der Waals surface area contributed by atoms with Crippen LogP contribution in [0.2, 0.25) is 0 Å². The van der Waals surface area contributed by atoms with Gasteiger partial charge in [-0.05, 0) is 74.2 Å². The fourth-order valence-electron chi connectivity index (χ4n) is 3.37. The smallest absolute Gasteiger partial charge is 0.251 e. The Kier molecular flexibility index (Phi) is 7.65. The molecule has 4 aromatic rings. The van der Waals surface area contributed by atoms with Gasteiger partial charge < -0.3 is 9.73 Å². The summed E-state index contributed by atoms with van der Waals surface area (Å²) >= 11 is 1.69. The second-order valence-corrected chi connectivity index (χ2v) is 10.3. The molecule has 0 bridgehead atoms. The lowest BCUT2D eigenvalue weighted by Crippen LogP contribution is -2.22. The Morgan fingerprint density at radius 2 is 1.65 bits per heavy atom. The van der Waals surface area contributed by atoms with E-state index >= 15 is 0 Å². The quantitative estimate of drug-likeness (QED) is 0.311. The summed E-state index contributed by atoms with van der Waals surface area (Å²) in [5.41, 5.74) is 4.17. The van der Waals surface area contributed by atoms with Gasteiger partial charge in [0.05, 0.1) is 22.2 Å². The Morgan fingerprint density at radius 1 is 0.971 bits per heavy atom. The summed E-state index contributed by atoms with van der Waals surface area (Å²) in [5, 5.41) is 2.95. The molecule has 0 spiro atoms. The Bertz CT molecular complexity index is 1300. The second kappa shape index (κ2) is 10.8. The zero-order valence-electron chi connectivity index (χ0n) is 19.3. The van der Waals surface area contributed by atoms with E-state index < -0.39 is 10.8 Å². The highest BCUT2D eigenvalue weighted by Crippen LogP contribution is 2.24. The molecule has 174 valence electrons. The number of oxazole rings is 1. The van der Waals surface area contributed by atoms with Crippen molar-refractivity contribution in [1.29, 1.82) is 0 Å². The molecule has 5 nitrogen and oxygen atoms in total. The molecule has 0 radical (unpaired) electrons. The molecule has 1 heterocycles. The maximum absolute atomic E-state index is 12.7. The normalized spacial score (nSPS) is 11.9. The first-order valence-corrected chi connectivity index (χ1v) is 13.4. The van der Waals surface area contributed by atoms with Crippen molar-refractivity contribution in [3.8, 4) is 11.5 Å². The minimum absolute atomic E-state index is 0.140. The predicted molar refractivity (Wildman–Crippen MR) is 137 cm³/mol. The van der Waals surface area contributed by atoms with Crippen LogP contribution in [0.15, 0.2) is 87.0 Å². The van der Waals surface area contributed by atoms with Gasteiger partial charge in [0.2, 0.25) is 5.89 Å². The molecular weight excluding hydrogens is 464 g/mol. The first-order chi connectivity index (χ1) is 16.4. The fourth-order valence-corrected chi connectivity index (χ4v) is 4.91. The summed E-state index contributed by atoms with van der Waals surface area (Å²) < 4.78 is 18.6. The number of carbonyl (C=O) groups excluding carboxylic acids is 1. The highest BCUT2D eigenvalue weighted by atomic mass is 32.2. The largest absolute Gasteiger partial charge is 0.441 e. The van der Waals surface area contributed by atoms with Crippen LogP contribution in [-0.2, 0) is 23.1 Å². The molecule has 7 heteroatoms. The molecule has 3 aromatic carbocycles. The van der Waals surface area contributed by atoms with Gasteiger partial charge in [-0.2, -0.15) is 0 Å². The summed E-state index contributed by atoms with van der Waals surface area (Å²) in [4.78, 5) is 19.1. The molecule has 0 unspecified atom stereocenters. The van der Waals surface area contributed by atoms with Gasteiger partial charge in [0.25, 0.3) is 5.91 Å². The summed E-state index contributed by atoms with van der Waals surface area (Å²) in [5.74, 6) is 1.24. The number of nitrogens with one attached hydrogen (secondary N) is 1. The van der Waals surface area contributed by atoms with E-state index in [1.54, 1.807) is 23.9 Å². The summed E-state index contributed by atoms with van der Waals surface area (Å²) in [6.07, 6.45) is 2.03. The van der Waals surface area contributed by atoms with Gasteiger partial charge in [0.15, 0.2) is 0 Å². The minimum Gasteiger partial charge on any atom is -0.441 e. The van der Waals surface area contributed by atoms with Gasteiger partial charge >= 0.3 is 0 Å². The zero-order valence-corrected chi connectivity index (χ0v) is 21.0. The topological polar surface area (TPSA) is 72.2 Å². The minimum atomic E-state index is -1.20. The zero-order chi connectivity index (χ0) is 24.1.